The van der Waals surface area contributed by atoms with Gasteiger partial charge in [-0.15, -0.1) is 0 Å². The molecule has 2 amide bonds. The molecule has 6 heteroatoms. The van der Waals surface area contributed by atoms with Crippen LogP contribution in [-0.4, -0.2) is 33.8 Å². The smallest absolute Gasteiger partial charge is 0.412 e. The minimum absolute atomic E-state index is 0.258. The summed E-state index contributed by atoms with van der Waals surface area (Å²) in [4.78, 5) is 23.5. The SMILES string of the molecule is CC1C=CC(NC(=O)OC(C)(C)C)=CN1C(=O)O. The molecule has 1 aliphatic rings. The minimum atomic E-state index is -1.07. The Morgan fingerprint density at radius 1 is 1.44 bits per heavy atom. The number of nitrogens with zero attached hydrogens (tertiary/aromatic N) is 1. The Morgan fingerprint density at radius 2 is 2.06 bits per heavy atom. The summed E-state index contributed by atoms with van der Waals surface area (Å²) in [5, 5.41) is 11.4. The predicted molar refractivity (Wildman–Crippen MR) is 65.9 cm³/mol. The minimum Gasteiger partial charge on any atom is -0.465 e. The van der Waals surface area contributed by atoms with Gasteiger partial charge in [-0.3, -0.25) is 10.2 Å². The van der Waals surface area contributed by atoms with Gasteiger partial charge in [-0.05, 0) is 33.8 Å². The molecule has 0 aromatic rings. The first-order chi connectivity index (χ1) is 8.19. The molecule has 100 valence electrons. The summed E-state index contributed by atoms with van der Waals surface area (Å²) >= 11 is 0. The van der Waals surface area contributed by atoms with Crippen molar-refractivity contribution in [3.63, 3.8) is 0 Å². The van der Waals surface area contributed by atoms with Crippen LogP contribution >= 0.6 is 0 Å². The average molecular weight is 254 g/mol. The van der Waals surface area contributed by atoms with Crippen LogP contribution in [0, 0.1) is 0 Å². The number of rotatable bonds is 1. The standard InChI is InChI=1S/C12H18N2O4/c1-8-5-6-9(7-14(8)11(16)17)13-10(15)18-12(2,3)4/h5-8H,1-4H3,(H,13,15)(H,16,17). The van der Waals surface area contributed by atoms with Crippen molar-refractivity contribution in [3.8, 4) is 0 Å². The highest BCUT2D eigenvalue weighted by Gasteiger charge is 2.21. The third-order valence-corrected chi connectivity index (χ3v) is 2.14. The maximum atomic E-state index is 11.5. The van der Waals surface area contributed by atoms with E-state index in [1.165, 1.54) is 6.20 Å². The van der Waals surface area contributed by atoms with Crippen molar-refractivity contribution >= 4 is 12.2 Å². The quantitative estimate of drug-likeness (QED) is 0.752. The van der Waals surface area contributed by atoms with Crippen LogP contribution in [0.2, 0.25) is 0 Å². The number of nitrogens with one attached hydrogen (secondary N) is 1. The van der Waals surface area contributed by atoms with Crippen LogP contribution in [0.1, 0.15) is 27.7 Å². The van der Waals surface area contributed by atoms with Crippen LogP contribution in [0.3, 0.4) is 0 Å². The van der Waals surface area contributed by atoms with Gasteiger partial charge in [0.15, 0.2) is 0 Å². The molecule has 1 aliphatic heterocycles. The first-order valence-electron chi connectivity index (χ1n) is 5.60. The zero-order valence-corrected chi connectivity index (χ0v) is 10.9. The number of alkyl carbamates (subject to hydrolysis) is 1. The highest BCUT2D eigenvalue weighted by Crippen LogP contribution is 2.13. The Bertz CT molecular complexity index is 407. The van der Waals surface area contributed by atoms with Gasteiger partial charge in [0.1, 0.15) is 5.60 Å². The van der Waals surface area contributed by atoms with Gasteiger partial charge in [-0.25, -0.2) is 9.59 Å². The Hall–Kier alpha value is -1.98. The zero-order chi connectivity index (χ0) is 13.9. The highest BCUT2D eigenvalue weighted by molar-refractivity contribution is 5.72. The number of hydrogen-bond donors (Lipinski definition) is 2. The summed E-state index contributed by atoms with van der Waals surface area (Å²) in [6, 6.07) is -0.258. The van der Waals surface area contributed by atoms with Crippen molar-refractivity contribution in [1.29, 1.82) is 0 Å². The fourth-order valence-electron chi connectivity index (χ4n) is 1.37. The maximum Gasteiger partial charge on any atom is 0.412 e. The molecule has 0 spiro atoms. The summed E-state index contributed by atoms with van der Waals surface area (Å²) in [6.45, 7) is 7.00. The van der Waals surface area contributed by atoms with Gasteiger partial charge in [-0.1, -0.05) is 6.08 Å². The Kier molecular flexibility index (Phi) is 4.00. The van der Waals surface area contributed by atoms with Gasteiger partial charge in [0.25, 0.3) is 0 Å². The molecule has 0 aromatic carbocycles. The third kappa shape index (κ3) is 4.12. The topological polar surface area (TPSA) is 78.9 Å². The van der Waals surface area contributed by atoms with E-state index < -0.39 is 17.8 Å². The Morgan fingerprint density at radius 3 is 2.56 bits per heavy atom. The van der Waals surface area contributed by atoms with Crippen LogP contribution < -0.4 is 5.32 Å². The molecule has 2 N–H and O–H groups in total. The van der Waals surface area contributed by atoms with Crippen LogP contribution in [0.5, 0.6) is 0 Å². The third-order valence-electron chi connectivity index (χ3n) is 2.14. The van der Waals surface area contributed by atoms with E-state index in [1.807, 2.05) is 0 Å². The maximum absolute atomic E-state index is 11.5. The molecule has 1 atom stereocenters. The number of carbonyl (C=O) groups excluding carboxylic acids is 1. The summed E-state index contributed by atoms with van der Waals surface area (Å²) in [5.41, 5.74) is -0.215. The lowest BCUT2D eigenvalue weighted by atomic mass is 10.2. The molecule has 0 radical (unpaired) electrons. The van der Waals surface area contributed by atoms with Gasteiger partial charge in [0, 0.05) is 6.20 Å². The fraction of sp³-hybridized carbons (Fsp3) is 0.500. The lowest BCUT2D eigenvalue weighted by molar-refractivity contribution is 0.0545. The largest absolute Gasteiger partial charge is 0.465 e. The van der Waals surface area contributed by atoms with Crippen LogP contribution in [0.25, 0.3) is 0 Å². The first-order valence-corrected chi connectivity index (χ1v) is 5.60. The van der Waals surface area contributed by atoms with Gasteiger partial charge >= 0.3 is 12.2 Å². The first kappa shape index (κ1) is 14.1. The number of hydrogen-bond acceptors (Lipinski definition) is 3. The van der Waals surface area contributed by atoms with Crippen LogP contribution in [-0.2, 0) is 4.74 Å². The highest BCUT2D eigenvalue weighted by atomic mass is 16.6. The lowest BCUT2D eigenvalue weighted by Crippen LogP contribution is -2.37. The molecule has 1 heterocycles. The van der Waals surface area contributed by atoms with Gasteiger partial charge in [0.2, 0.25) is 0 Å². The van der Waals surface area contributed by atoms with Crippen molar-refractivity contribution in [3.05, 3.63) is 24.0 Å². The van der Waals surface area contributed by atoms with E-state index in [2.05, 4.69) is 5.32 Å². The number of ether oxygens (including phenoxy) is 1. The molecule has 1 rings (SSSR count). The van der Waals surface area contributed by atoms with E-state index in [-0.39, 0.29) is 6.04 Å². The zero-order valence-electron chi connectivity index (χ0n) is 10.9. The summed E-state index contributed by atoms with van der Waals surface area (Å²) in [7, 11) is 0. The van der Waals surface area contributed by atoms with E-state index in [0.29, 0.717) is 5.70 Å². The second-order valence-corrected chi connectivity index (χ2v) is 5.00. The van der Waals surface area contributed by atoms with E-state index >= 15 is 0 Å². The molecule has 0 saturated heterocycles. The Labute approximate surface area is 106 Å². The average Bonchev–Trinajstić information content (AvgIpc) is 2.17. The second-order valence-electron chi connectivity index (χ2n) is 5.00. The van der Waals surface area contributed by atoms with Crippen LogP contribution in [0.15, 0.2) is 24.0 Å². The predicted octanol–water partition coefficient (Wildman–Crippen LogP) is 2.29. The number of carboxylic acid groups (broad SMARTS) is 1. The van der Waals surface area contributed by atoms with Crippen molar-refractivity contribution in [2.75, 3.05) is 0 Å². The number of allylic oxidation sites excluding steroid dienone is 1. The molecule has 0 aliphatic carbocycles. The Balaban J connectivity index is 2.68. The van der Waals surface area contributed by atoms with Gasteiger partial charge in [0.05, 0.1) is 11.7 Å². The van der Waals surface area contributed by atoms with E-state index in [0.717, 1.165) is 4.90 Å². The van der Waals surface area contributed by atoms with Gasteiger partial charge < -0.3 is 9.84 Å². The molecule has 0 bridgehead atoms. The van der Waals surface area contributed by atoms with Gasteiger partial charge in [-0.2, -0.15) is 0 Å². The summed E-state index contributed by atoms with van der Waals surface area (Å²) in [6.07, 6.45) is 3.00. The molecule has 0 saturated carbocycles. The molecule has 0 aromatic heterocycles. The summed E-state index contributed by atoms with van der Waals surface area (Å²) in [5.74, 6) is 0. The molecule has 6 nitrogen and oxygen atoms in total. The normalized spacial score (nSPS) is 19.2. The monoisotopic (exact) mass is 254 g/mol. The van der Waals surface area contributed by atoms with E-state index in [4.69, 9.17) is 9.84 Å². The lowest BCUT2D eigenvalue weighted by Gasteiger charge is -2.25. The van der Waals surface area contributed by atoms with Crippen molar-refractivity contribution in [1.82, 2.24) is 10.2 Å². The molecule has 18 heavy (non-hydrogen) atoms. The second kappa shape index (κ2) is 5.12. The fourth-order valence-corrected chi connectivity index (χ4v) is 1.37. The molecule has 0 fully saturated rings. The van der Waals surface area contributed by atoms with E-state index in [1.54, 1.807) is 39.8 Å². The van der Waals surface area contributed by atoms with Crippen LogP contribution in [0.4, 0.5) is 9.59 Å². The van der Waals surface area contributed by atoms with Crippen molar-refractivity contribution < 1.29 is 19.4 Å². The molecular formula is C12H18N2O4. The number of carbonyl (C=O) groups is 2. The molecular weight excluding hydrogens is 236 g/mol. The van der Waals surface area contributed by atoms with E-state index in [9.17, 15) is 9.59 Å². The number of amides is 2. The molecule has 1 unspecified atom stereocenters. The summed E-state index contributed by atoms with van der Waals surface area (Å²) < 4.78 is 5.07. The van der Waals surface area contributed by atoms with Crippen molar-refractivity contribution in [2.45, 2.75) is 39.3 Å². The van der Waals surface area contributed by atoms with Crippen molar-refractivity contribution in [2.24, 2.45) is 0 Å².